The number of benzene rings is 1. The number of carbonyl (C=O) groups excluding carboxylic acids is 1. The third-order valence-electron chi connectivity index (χ3n) is 3.45. The highest BCUT2D eigenvalue weighted by Crippen LogP contribution is 2.22. The second kappa shape index (κ2) is 8.69. The van der Waals surface area contributed by atoms with Crippen molar-refractivity contribution in [2.45, 2.75) is 26.3 Å². The number of nitrogens with zero attached hydrogens (tertiary/aromatic N) is 1. The van der Waals surface area contributed by atoms with Crippen molar-refractivity contribution < 1.29 is 13.6 Å². The first kappa shape index (κ1) is 17.5. The number of hydrogen-bond donors (Lipinski definition) is 2. The Morgan fingerprint density at radius 2 is 1.90 bits per heavy atom. The largest absolute Gasteiger partial charge is 0.368 e. The lowest BCUT2D eigenvalue weighted by molar-refractivity contribution is -0.120. The maximum Gasteiger partial charge on any atom is 0.263 e. The van der Waals surface area contributed by atoms with Crippen molar-refractivity contribution in [2.24, 2.45) is 5.73 Å². The predicted octanol–water partition coefficient (Wildman–Crippen LogP) is 2.08. The van der Waals surface area contributed by atoms with Crippen LogP contribution in [0.15, 0.2) is 24.3 Å². The number of amides is 1. The molecule has 1 atom stereocenters. The Morgan fingerprint density at radius 3 is 2.43 bits per heavy atom. The summed E-state index contributed by atoms with van der Waals surface area (Å²) < 4.78 is 25.4. The Balaban J connectivity index is 2.73. The zero-order valence-electron chi connectivity index (χ0n) is 12.5. The number of halogens is 2. The zero-order valence-corrected chi connectivity index (χ0v) is 12.5. The van der Waals surface area contributed by atoms with Crippen LogP contribution in [0.2, 0.25) is 0 Å². The number of nitrogens with one attached hydrogen (secondary N) is 1. The third kappa shape index (κ3) is 5.40. The summed E-state index contributed by atoms with van der Waals surface area (Å²) in [4.78, 5) is 13.7. The molecule has 1 unspecified atom stereocenters. The summed E-state index contributed by atoms with van der Waals surface area (Å²) in [6.45, 7) is 7.28. The van der Waals surface area contributed by atoms with E-state index in [9.17, 15) is 13.6 Å². The zero-order chi connectivity index (χ0) is 15.8. The molecule has 0 aliphatic rings. The minimum atomic E-state index is -2.56. The smallest absolute Gasteiger partial charge is 0.263 e. The van der Waals surface area contributed by atoms with Crippen LogP contribution in [0.4, 0.5) is 8.78 Å². The van der Waals surface area contributed by atoms with Gasteiger partial charge in [0.15, 0.2) is 0 Å². The number of carbonyl (C=O) groups is 1. The van der Waals surface area contributed by atoms with Crippen LogP contribution in [0, 0.1) is 0 Å². The van der Waals surface area contributed by atoms with Gasteiger partial charge in [0.1, 0.15) is 6.04 Å². The molecular formula is C15H23F2N3O. The minimum absolute atomic E-state index is 0.107. The molecule has 6 heteroatoms. The summed E-state index contributed by atoms with van der Waals surface area (Å²) in [5.74, 6) is -0.569. The van der Waals surface area contributed by atoms with Gasteiger partial charge in [0.05, 0.1) is 0 Å². The first-order chi connectivity index (χ1) is 9.99. The topological polar surface area (TPSA) is 58.4 Å². The van der Waals surface area contributed by atoms with E-state index in [1.54, 1.807) is 6.07 Å². The molecule has 1 amide bonds. The van der Waals surface area contributed by atoms with Gasteiger partial charge in [0.25, 0.3) is 6.43 Å². The van der Waals surface area contributed by atoms with Gasteiger partial charge in [-0.2, -0.15) is 0 Å². The maximum atomic E-state index is 12.7. The molecule has 0 bridgehead atoms. The molecule has 0 fully saturated rings. The van der Waals surface area contributed by atoms with E-state index in [-0.39, 0.29) is 5.56 Å². The number of primary amides is 1. The Hall–Kier alpha value is -1.53. The number of nitrogens with two attached hydrogens (primary N) is 1. The molecule has 0 aliphatic heterocycles. The fourth-order valence-electron chi connectivity index (χ4n) is 2.16. The van der Waals surface area contributed by atoms with E-state index in [0.29, 0.717) is 12.1 Å². The van der Waals surface area contributed by atoms with Crippen LogP contribution in [0.1, 0.15) is 37.4 Å². The molecule has 1 rings (SSSR count). The molecule has 0 radical (unpaired) electrons. The van der Waals surface area contributed by atoms with E-state index in [0.717, 1.165) is 19.6 Å². The Morgan fingerprint density at radius 1 is 1.29 bits per heavy atom. The van der Waals surface area contributed by atoms with E-state index in [1.165, 1.54) is 18.2 Å². The molecule has 1 aromatic rings. The Kier molecular flexibility index (Phi) is 7.25. The Labute approximate surface area is 124 Å². The molecule has 0 saturated heterocycles. The van der Waals surface area contributed by atoms with Gasteiger partial charge in [0.2, 0.25) is 5.91 Å². The van der Waals surface area contributed by atoms with Gasteiger partial charge in [-0.15, -0.1) is 0 Å². The normalized spacial score (nSPS) is 12.9. The Bertz CT molecular complexity index is 450. The summed E-state index contributed by atoms with van der Waals surface area (Å²) in [6.07, 6.45) is -2.56. The highest BCUT2D eigenvalue weighted by molar-refractivity contribution is 5.81. The van der Waals surface area contributed by atoms with Crippen molar-refractivity contribution in [3.05, 3.63) is 35.4 Å². The van der Waals surface area contributed by atoms with Gasteiger partial charge in [0, 0.05) is 18.7 Å². The van der Waals surface area contributed by atoms with Crippen molar-refractivity contribution in [3.63, 3.8) is 0 Å². The van der Waals surface area contributed by atoms with Crippen LogP contribution in [0.5, 0.6) is 0 Å². The van der Waals surface area contributed by atoms with Crippen molar-refractivity contribution in [1.29, 1.82) is 0 Å². The molecule has 0 saturated carbocycles. The fourth-order valence-corrected chi connectivity index (χ4v) is 2.16. The molecule has 0 heterocycles. The lowest BCUT2D eigenvalue weighted by Gasteiger charge is -2.21. The van der Waals surface area contributed by atoms with Crippen molar-refractivity contribution in [1.82, 2.24) is 10.2 Å². The lowest BCUT2D eigenvalue weighted by atomic mass is 10.0. The van der Waals surface area contributed by atoms with Crippen molar-refractivity contribution in [3.8, 4) is 0 Å². The van der Waals surface area contributed by atoms with Crippen LogP contribution in [-0.4, -0.2) is 37.0 Å². The minimum Gasteiger partial charge on any atom is -0.368 e. The summed E-state index contributed by atoms with van der Waals surface area (Å²) in [6, 6.07) is 5.05. The summed E-state index contributed by atoms with van der Waals surface area (Å²) >= 11 is 0. The second-order valence-corrected chi connectivity index (χ2v) is 4.79. The van der Waals surface area contributed by atoms with Gasteiger partial charge in [-0.3, -0.25) is 4.79 Å². The molecule has 118 valence electrons. The molecule has 21 heavy (non-hydrogen) atoms. The molecular weight excluding hydrogens is 276 g/mol. The van der Waals surface area contributed by atoms with Crippen molar-refractivity contribution in [2.75, 3.05) is 26.2 Å². The van der Waals surface area contributed by atoms with E-state index < -0.39 is 18.4 Å². The van der Waals surface area contributed by atoms with Gasteiger partial charge in [-0.05, 0) is 24.7 Å². The van der Waals surface area contributed by atoms with Gasteiger partial charge >= 0.3 is 0 Å². The predicted molar refractivity (Wildman–Crippen MR) is 79.1 cm³/mol. The quantitative estimate of drug-likeness (QED) is 0.734. The van der Waals surface area contributed by atoms with E-state index >= 15 is 0 Å². The van der Waals surface area contributed by atoms with Crippen molar-refractivity contribution >= 4 is 5.91 Å². The molecule has 4 nitrogen and oxygen atoms in total. The molecule has 1 aromatic carbocycles. The summed E-state index contributed by atoms with van der Waals surface area (Å²) in [7, 11) is 0. The fraction of sp³-hybridized carbons (Fsp3) is 0.533. The number of hydrogen-bond acceptors (Lipinski definition) is 3. The standard InChI is InChI=1S/C15H23F2N3O/c1-3-20(4-2)9-8-19-13(15(18)21)11-6-5-7-12(10-11)14(16)17/h5-7,10,13-14,19H,3-4,8-9H2,1-2H3,(H2,18,21). The molecule has 0 aromatic heterocycles. The number of alkyl halides is 2. The summed E-state index contributed by atoms with van der Waals surface area (Å²) in [5, 5.41) is 3.04. The first-order valence-electron chi connectivity index (χ1n) is 7.12. The van der Waals surface area contributed by atoms with Gasteiger partial charge in [-0.25, -0.2) is 8.78 Å². The average Bonchev–Trinajstić information content (AvgIpc) is 2.47. The van der Waals surface area contributed by atoms with E-state index in [2.05, 4.69) is 24.1 Å². The SMILES string of the molecule is CCN(CC)CCNC(C(N)=O)c1cccc(C(F)F)c1. The highest BCUT2D eigenvalue weighted by Gasteiger charge is 2.19. The second-order valence-electron chi connectivity index (χ2n) is 4.79. The highest BCUT2D eigenvalue weighted by atomic mass is 19.3. The van der Waals surface area contributed by atoms with Crippen LogP contribution < -0.4 is 11.1 Å². The number of rotatable bonds is 9. The van der Waals surface area contributed by atoms with Gasteiger partial charge < -0.3 is 16.0 Å². The molecule has 0 spiro atoms. The lowest BCUT2D eigenvalue weighted by Crippen LogP contribution is -2.38. The van der Waals surface area contributed by atoms with Crippen LogP contribution in [-0.2, 0) is 4.79 Å². The molecule has 3 N–H and O–H groups in total. The van der Waals surface area contributed by atoms with Crippen LogP contribution in [0.25, 0.3) is 0 Å². The molecule has 0 aliphatic carbocycles. The van der Waals surface area contributed by atoms with Gasteiger partial charge in [-0.1, -0.05) is 32.0 Å². The third-order valence-corrected chi connectivity index (χ3v) is 3.45. The average molecular weight is 299 g/mol. The van der Waals surface area contributed by atoms with Crippen LogP contribution in [0.3, 0.4) is 0 Å². The maximum absolute atomic E-state index is 12.7. The van der Waals surface area contributed by atoms with E-state index in [4.69, 9.17) is 5.73 Å². The van der Waals surface area contributed by atoms with E-state index in [1.807, 2.05) is 0 Å². The number of likely N-dealkylation sites (N-methyl/N-ethyl adjacent to an activating group) is 1. The first-order valence-corrected chi connectivity index (χ1v) is 7.12. The monoisotopic (exact) mass is 299 g/mol. The van der Waals surface area contributed by atoms with Crippen LogP contribution >= 0.6 is 0 Å². The summed E-state index contributed by atoms with van der Waals surface area (Å²) in [5.41, 5.74) is 5.74.